The van der Waals surface area contributed by atoms with Gasteiger partial charge >= 0.3 is 12.8 Å². The van der Waals surface area contributed by atoms with Crippen LogP contribution in [0, 0.1) is 0 Å². The predicted molar refractivity (Wildman–Crippen MR) is 54.5 cm³/mol. The molecule has 0 aliphatic rings. The standard InChI is InChI=1S/C8H9F5N2O4S/c1-15-6(19-7(9)10)4(3-18-20(2,16)17)5(14-15)8(11,12)13/h7H,3H2,1-2H3. The normalized spacial score (nSPS) is 13.0. The lowest BCUT2D eigenvalue weighted by atomic mass is 10.2. The predicted octanol–water partition coefficient (Wildman–Crippen LogP) is 1.52. The molecule has 0 bridgehead atoms. The van der Waals surface area contributed by atoms with Crippen molar-refractivity contribution in [3.05, 3.63) is 11.3 Å². The van der Waals surface area contributed by atoms with Gasteiger partial charge in [-0.2, -0.15) is 35.5 Å². The van der Waals surface area contributed by atoms with Crippen molar-refractivity contribution in [3.63, 3.8) is 0 Å². The van der Waals surface area contributed by atoms with E-state index in [0.717, 1.165) is 7.05 Å². The minimum atomic E-state index is -4.97. The molecule has 1 heterocycles. The summed E-state index contributed by atoms with van der Waals surface area (Å²) in [5, 5.41) is 2.99. The Labute approximate surface area is 110 Å². The monoisotopic (exact) mass is 324 g/mol. The molecule has 0 spiro atoms. The van der Waals surface area contributed by atoms with E-state index in [0.29, 0.717) is 10.9 Å². The number of rotatable bonds is 5. The maximum atomic E-state index is 12.7. The first-order chi connectivity index (χ1) is 8.92. The van der Waals surface area contributed by atoms with E-state index in [1.807, 2.05) is 0 Å². The van der Waals surface area contributed by atoms with Gasteiger partial charge in [0, 0.05) is 7.05 Å². The second kappa shape index (κ2) is 5.52. The molecule has 20 heavy (non-hydrogen) atoms. The average molecular weight is 324 g/mol. The minimum absolute atomic E-state index is 0.427. The van der Waals surface area contributed by atoms with Crippen molar-refractivity contribution in [2.45, 2.75) is 19.4 Å². The molecule has 0 aliphatic carbocycles. The molecular weight excluding hydrogens is 315 g/mol. The molecule has 12 heteroatoms. The van der Waals surface area contributed by atoms with E-state index >= 15 is 0 Å². The molecule has 116 valence electrons. The zero-order valence-electron chi connectivity index (χ0n) is 10.1. The molecule has 1 aromatic heterocycles. The van der Waals surface area contributed by atoms with Crippen molar-refractivity contribution in [1.29, 1.82) is 0 Å². The maximum absolute atomic E-state index is 12.7. The van der Waals surface area contributed by atoms with Gasteiger partial charge in [0.05, 0.1) is 18.4 Å². The third-order valence-electron chi connectivity index (χ3n) is 1.97. The van der Waals surface area contributed by atoms with Crippen LogP contribution in [-0.2, 0) is 34.1 Å². The van der Waals surface area contributed by atoms with Gasteiger partial charge in [-0.05, 0) is 0 Å². The van der Waals surface area contributed by atoms with Crippen molar-refractivity contribution in [3.8, 4) is 5.88 Å². The van der Waals surface area contributed by atoms with Gasteiger partial charge in [-0.15, -0.1) is 0 Å². The van der Waals surface area contributed by atoms with Gasteiger partial charge < -0.3 is 4.74 Å². The second-order valence-corrected chi connectivity index (χ2v) is 5.24. The van der Waals surface area contributed by atoms with Crippen LogP contribution in [0.15, 0.2) is 0 Å². The number of alkyl halides is 5. The Bertz CT molecular complexity index is 580. The summed E-state index contributed by atoms with van der Waals surface area (Å²) in [5.41, 5.74) is -2.48. The Kier molecular flexibility index (Phi) is 4.59. The number of halogens is 5. The molecule has 0 N–H and O–H groups in total. The summed E-state index contributed by atoms with van der Waals surface area (Å²) in [4.78, 5) is 0. The number of nitrogens with zero attached hydrogens (tertiary/aromatic N) is 2. The van der Waals surface area contributed by atoms with Gasteiger partial charge in [0.15, 0.2) is 5.69 Å². The fourth-order valence-electron chi connectivity index (χ4n) is 1.31. The quantitative estimate of drug-likeness (QED) is 0.607. The number of aromatic nitrogens is 2. The molecule has 1 aromatic rings. The maximum Gasteiger partial charge on any atom is 0.435 e. The topological polar surface area (TPSA) is 70.4 Å². The van der Waals surface area contributed by atoms with Crippen molar-refractivity contribution in [2.75, 3.05) is 6.26 Å². The van der Waals surface area contributed by atoms with Crippen molar-refractivity contribution < 1.29 is 39.3 Å². The van der Waals surface area contributed by atoms with Gasteiger partial charge in [0.2, 0.25) is 5.88 Å². The van der Waals surface area contributed by atoms with E-state index in [9.17, 15) is 30.4 Å². The molecule has 0 unspecified atom stereocenters. The highest BCUT2D eigenvalue weighted by atomic mass is 32.2. The lowest BCUT2D eigenvalue weighted by Crippen LogP contribution is -2.12. The molecule has 0 atom stereocenters. The van der Waals surface area contributed by atoms with E-state index in [2.05, 4.69) is 14.0 Å². The molecule has 0 amide bonds. The third kappa shape index (κ3) is 4.30. The molecule has 0 fully saturated rings. The SMILES string of the molecule is Cn1nc(C(F)(F)F)c(COS(C)(=O)=O)c1OC(F)F. The van der Waals surface area contributed by atoms with Gasteiger partial charge in [-0.1, -0.05) is 0 Å². The van der Waals surface area contributed by atoms with Crippen LogP contribution in [0.25, 0.3) is 0 Å². The molecule has 0 saturated heterocycles. The van der Waals surface area contributed by atoms with E-state index in [1.54, 1.807) is 0 Å². The minimum Gasteiger partial charge on any atom is -0.417 e. The Hall–Kier alpha value is -1.43. The van der Waals surface area contributed by atoms with Gasteiger partial charge in [-0.3, -0.25) is 4.18 Å². The van der Waals surface area contributed by atoms with Crippen molar-refractivity contribution >= 4 is 10.1 Å². The van der Waals surface area contributed by atoms with Crippen LogP contribution >= 0.6 is 0 Å². The summed E-state index contributed by atoms with van der Waals surface area (Å²) >= 11 is 0. The first-order valence-corrected chi connectivity index (χ1v) is 6.65. The molecule has 0 radical (unpaired) electrons. The van der Waals surface area contributed by atoms with Crippen LogP contribution < -0.4 is 4.74 Å². The van der Waals surface area contributed by atoms with Gasteiger partial charge in [0.25, 0.3) is 10.1 Å². The van der Waals surface area contributed by atoms with E-state index in [1.165, 1.54) is 0 Å². The summed E-state index contributed by atoms with van der Waals surface area (Å²) in [5.74, 6) is -0.920. The summed E-state index contributed by atoms with van der Waals surface area (Å²) in [6.07, 6.45) is -4.37. The van der Waals surface area contributed by atoms with Gasteiger partial charge in [0.1, 0.15) is 0 Å². The third-order valence-corrected chi connectivity index (χ3v) is 2.52. The molecule has 0 aromatic carbocycles. The Morgan fingerprint density at radius 2 is 1.90 bits per heavy atom. The highest BCUT2D eigenvalue weighted by Crippen LogP contribution is 2.36. The summed E-state index contributed by atoms with van der Waals surface area (Å²) in [6.45, 7) is -4.52. The van der Waals surface area contributed by atoms with E-state index in [4.69, 9.17) is 0 Å². The zero-order chi connectivity index (χ0) is 15.7. The Balaban J connectivity index is 3.26. The Morgan fingerprint density at radius 3 is 2.30 bits per heavy atom. The first-order valence-electron chi connectivity index (χ1n) is 4.84. The van der Waals surface area contributed by atoms with Crippen LogP contribution in [0.3, 0.4) is 0 Å². The average Bonchev–Trinajstić information content (AvgIpc) is 2.51. The van der Waals surface area contributed by atoms with Crippen LogP contribution in [0.4, 0.5) is 22.0 Å². The summed E-state index contributed by atoms with van der Waals surface area (Å²) in [6, 6.07) is 0. The fourth-order valence-corrected chi connectivity index (χ4v) is 1.64. The largest absolute Gasteiger partial charge is 0.435 e. The van der Waals surface area contributed by atoms with Crippen molar-refractivity contribution in [2.24, 2.45) is 7.05 Å². The Morgan fingerprint density at radius 1 is 1.35 bits per heavy atom. The molecule has 1 rings (SSSR count). The second-order valence-electron chi connectivity index (χ2n) is 3.60. The van der Waals surface area contributed by atoms with Crippen LogP contribution in [0.5, 0.6) is 5.88 Å². The number of hydrogen-bond donors (Lipinski definition) is 0. The fraction of sp³-hybridized carbons (Fsp3) is 0.625. The molecule has 0 saturated carbocycles. The summed E-state index contributed by atoms with van der Waals surface area (Å²) in [7, 11) is -3.13. The van der Waals surface area contributed by atoms with Crippen LogP contribution in [0.1, 0.15) is 11.3 Å². The number of hydrogen-bond acceptors (Lipinski definition) is 5. The highest BCUT2D eigenvalue weighted by Gasteiger charge is 2.40. The smallest absolute Gasteiger partial charge is 0.417 e. The van der Waals surface area contributed by atoms with Crippen LogP contribution in [0.2, 0.25) is 0 Å². The van der Waals surface area contributed by atoms with Crippen LogP contribution in [-0.4, -0.2) is 31.1 Å². The molecular formula is C8H9F5N2O4S. The van der Waals surface area contributed by atoms with Gasteiger partial charge in [-0.25, -0.2) is 4.68 Å². The van der Waals surface area contributed by atoms with E-state index in [-0.39, 0.29) is 0 Å². The first kappa shape index (κ1) is 16.6. The van der Waals surface area contributed by atoms with Crippen molar-refractivity contribution in [1.82, 2.24) is 9.78 Å². The zero-order valence-corrected chi connectivity index (χ0v) is 10.9. The van der Waals surface area contributed by atoms with E-state index < -0.39 is 46.7 Å². The lowest BCUT2D eigenvalue weighted by Gasteiger charge is -2.09. The molecule has 6 nitrogen and oxygen atoms in total. The number of aryl methyl sites for hydroxylation is 1. The number of ether oxygens (including phenoxy) is 1. The summed E-state index contributed by atoms with van der Waals surface area (Å²) < 4.78 is 92.4. The molecule has 0 aliphatic heterocycles. The highest BCUT2D eigenvalue weighted by molar-refractivity contribution is 7.85. The lowest BCUT2D eigenvalue weighted by molar-refractivity contribution is -0.142.